The van der Waals surface area contributed by atoms with E-state index in [2.05, 4.69) is 22.2 Å². The number of nitrogens with zero attached hydrogens (tertiary/aromatic N) is 2. The van der Waals surface area contributed by atoms with Crippen LogP contribution in [0.5, 0.6) is 0 Å². The normalized spacial score (nSPS) is 14.5. The number of pyridine rings is 1. The molecule has 0 bridgehead atoms. The van der Waals surface area contributed by atoms with Gasteiger partial charge in [0.25, 0.3) is 5.91 Å². The molecule has 22 heavy (non-hydrogen) atoms. The molecule has 0 fully saturated rings. The third-order valence-corrected chi connectivity index (χ3v) is 4.15. The molecular formula is C17H18ClN3O. The van der Waals surface area contributed by atoms with Crippen LogP contribution in [0, 0.1) is 0 Å². The standard InChI is InChI=1S/C17H18ClN3O/c1-21-6-5-15-13(11-21)9-19-10-16(15)17(22)20-8-12-3-2-4-14(18)7-12/h2-4,7,9-10H,5-6,8,11H2,1H3,(H,20,22). The molecule has 2 aromatic rings. The van der Waals surface area contributed by atoms with Crippen molar-refractivity contribution in [2.75, 3.05) is 13.6 Å². The number of amides is 1. The number of likely N-dealkylation sites (N-methyl/N-ethyl adjacent to an activating group) is 1. The van der Waals surface area contributed by atoms with Crippen LogP contribution in [-0.2, 0) is 19.5 Å². The lowest BCUT2D eigenvalue weighted by atomic mass is 9.97. The lowest BCUT2D eigenvalue weighted by Gasteiger charge is -2.26. The molecule has 3 rings (SSSR count). The van der Waals surface area contributed by atoms with Crippen LogP contribution in [0.3, 0.4) is 0 Å². The molecule has 1 amide bonds. The minimum absolute atomic E-state index is 0.0751. The Morgan fingerprint density at radius 2 is 2.27 bits per heavy atom. The molecule has 1 aliphatic heterocycles. The van der Waals surface area contributed by atoms with Crippen molar-refractivity contribution in [2.24, 2.45) is 0 Å². The van der Waals surface area contributed by atoms with E-state index >= 15 is 0 Å². The molecule has 1 aromatic carbocycles. The average molecular weight is 316 g/mol. The summed E-state index contributed by atoms with van der Waals surface area (Å²) in [6.45, 7) is 2.27. The van der Waals surface area contributed by atoms with Gasteiger partial charge in [-0.15, -0.1) is 0 Å². The Balaban J connectivity index is 1.74. The summed E-state index contributed by atoms with van der Waals surface area (Å²) in [6, 6.07) is 7.50. The van der Waals surface area contributed by atoms with Crippen LogP contribution in [0.1, 0.15) is 27.0 Å². The maximum atomic E-state index is 12.5. The number of fused-ring (bicyclic) bond motifs is 1. The van der Waals surface area contributed by atoms with Gasteiger partial charge >= 0.3 is 0 Å². The van der Waals surface area contributed by atoms with Gasteiger partial charge in [-0.3, -0.25) is 9.78 Å². The first-order valence-electron chi connectivity index (χ1n) is 7.30. The average Bonchev–Trinajstić information content (AvgIpc) is 2.52. The van der Waals surface area contributed by atoms with Gasteiger partial charge in [-0.2, -0.15) is 0 Å². The highest BCUT2D eigenvalue weighted by Crippen LogP contribution is 2.20. The zero-order valence-corrected chi connectivity index (χ0v) is 13.2. The number of halogens is 1. The molecule has 2 heterocycles. The summed E-state index contributed by atoms with van der Waals surface area (Å²) in [5.74, 6) is -0.0751. The van der Waals surface area contributed by atoms with E-state index in [1.807, 2.05) is 30.5 Å². The zero-order valence-electron chi connectivity index (χ0n) is 12.5. The number of carbonyl (C=O) groups is 1. The summed E-state index contributed by atoms with van der Waals surface area (Å²) >= 11 is 5.96. The summed E-state index contributed by atoms with van der Waals surface area (Å²) in [7, 11) is 2.08. The number of aromatic nitrogens is 1. The van der Waals surface area contributed by atoms with Crippen molar-refractivity contribution in [1.29, 1.82) is 0 Å². The molecule has 0 spiro atoms. The van der Waals surface area contributed by atoms with E-state index in [1.165, 1.54) is 0 Å². The summed E-state index contributed by atoms with van der Waals surface area (Å²) in [6.07, 6.45) is 4.41. The van der Waals surface area contributed by atoms with Gasteiger partial charge in [0.05, 0.1) is 5.56 Å². The smallest absolute Gasteiger partial charge is 0.253 e. The van der Waals surface area contributed by atoms with Crippen LogP contribution in [0.25, 0.3) is 0 Å². The van der Waals surface area contributed by atoms with Crippen molar-refractivity contribution in [1.82, 2.24) is 15.2 Å². The second-order valence-corrected chi connectivity index (χ2v) is 6.06. The summed E-state index contributed by atoms with van der Waals surface area (Å²) < 4.78 is 0. The van der Waals surface area contributed by atoms with Gasteiger partial charge in [-0.25, -0.2) is 0 Å². The molecule has 1 aliphatic rings. The molecule has 114 valence electrons. The largest absolute Gasteiger partial charge is 0.348 e. The van der Waals surface area contributed by atoms with E-state index in [0.29, 0.717) is 17.1 Å². The van der Waals surface area contributed by atoms with Gasteiger partial charge in [0.2, 0.25) is 0 Å². The Hall–Kier alpha value is -1.91. The van der Waals surface area contributed by atoms with Crippen LogP contribution in [0.15, 0.2) is 36.7 Å². The second kappa shape index (κ2) is 6.46. The van der Waals surface area contributed by atoms with Gasteiger partial charge < -0.3 is 10.2 Å². The molecular weight excluding hydrogens is 298 g/mol. The first-order valence-corrected chi connectivity index (χ1v) is 7.68. The topological polar surface area (TPSA) is 45.2 Å². The Labute approximate surface area is 135 Å². The summed E-state index contributed by atoms with van der Waals surface area (Å²) in [5.41, 5.74) is 3.94. The molecule has 0 saturated heterocycles. The van der Waals surface area contributed by atoms with E-state index in [0.717, 1.165) is 36.2 Å². The van der Waals surface area contributed by atoms with Crippen molar-refractivity contribution in [3.8, 4) is 0 Å². The van der Waals surface area contributed by atoms with Crippen molar-refractivity contribution in [3.05, 3.63) is 63.9 Å². The Morgan fingerprint density at radius 3 is 3.09 bits per heavy atom. The molecule has 1 N–H and O–H groups in total. The molecule has 0 unspecified atom stereocenters. The first-order chi connectivity index (χ1) is 10.6. The van der Waals surface area contributed by atoms with Crippen molar-refractivity contribution in [3.63, 3.8) is 0 Å². The molecule has 1 aromatic heterocycles. The third kappa shape index (κ3) is 3.29. The van der Waals surface area contributed by atoms with Gasteiger partial charge in [0.1, 0.15) is 0 Å². The van der Waals surface area contributed by atoms with Crippen molar-refractivity contribution in [2.45, 2.75) is 19.5 Å². The molecule has 0 atom stereocenters. The molecule has 4 nitrogen and oxygen atoms in total. The minimum Gasteiger partial charge on any atom is -0.348 e. The highest BCUT2D eigenvalue weighted by Gasteiger charge is 2.20. The fraction of sp³-hybridized carbons (Fsp3) is 0.294. The van der Waals surface area contributed by atoms with Crippen LogP contribution >= 0.6 is 11.6 Å². The third-order valence-electron chi connectivity index (χ3n) is 3.92. The maximum Gasteiger partial charge on any atom is 0.253 e. The number of hydrogen-bond acceptors (Lipinski definition) is 3. The SMILES string of the molecule is CN1CCc2c(cncc2C(=O)NCc2cccc(Cl)c2)C1. The van der Waals surface area contributed by atoms with Crippen LogP contribution < -0.4 is 5.32 Å². The highest BCUT2D eigenvalue weighted by molar-refractivity contribution is 6.30. The number of carbonyl (C=O) groups excluding carboxylic acids is 1. The van der Waals surface area contributed by atoms with Gasteiger partial charge in [-0.05, 0) is 42.3 Å². The van der Waals surface area contributed by atoms with Crippen LogP contribution in [0.4, 0.5) is 0 Å². The van der Waals surface area contributed by atoms with Crippen molar-refractivity contribution < 1.29 is 4.79 Å². The van der Waals surface area contributed by atoms with E-state index < -0.39 is 0 Å². The summed E-state index contributed by atoms with van der Waals surface area (Å²) in [4.78, 5) is 18.9. The van der Waals surface area contributed by atoms with Gasteiger partial charge in [0.15, 0.2) is 0 Å². The Kier molecular flexibility index (Phi) is 4.41. The number of benzene rings is 1. The summed E-state index contributed by atoms with van der Waals surface area (Å²) in [5, 5.41) is 3.63. The Morgan fingerprint density at radius 1 is 1.41 bits per heavy atom. The fourth-order valence-electron chi connectivity index (χ4n) is 2.75. The molecule has 0 radical (unpaired) electrons. The van der Waals surface area contributed by atoms with Crippen LogP contribution in [-0.4, -0.2) is 29.4 Å². The number of hydrogen-bond donors (Lipinski definition) is 1. The molecule has 5 heteroatoms. The maximum absolute atomic E-state index is 12.5. The first kappa shape index (κ1) is 15.0. The van der Waals surface area contributed by atoms with Crippen LogP contribution in [0.2, 0.25) is 5.02 Å². The van der Waals surface area contributed by atoms with E-state index in [-0.39, 0.29) is 5.91 Å². The predicted octanol–water partition coefficient (Wildman–Crippen LogP) is 2.65. The minimum atomic E-state index is -0.0751. The van der Waals surface area contributed by atoms with E-state index in [9.17, 15) is 4.79 Å². The second-order valence-electron chi connectivity index (χ2n) is 5.63. The van der Waals surface area contributed by atoms with Gasteiger partial charge in [-0.1, -0.05) is 23.7 Å². The predicted molar refractivity (Wildman–Crippen MR) is 86.9 cm³/mol. The Bertz CT molecular complexity index is 702. The number of rotatable bonds is 3. The zero-order chi connectivity index (χ0) is 15.5. The monoisotopic (exact) mass is 315 g/mol. The quantitative estimate of drug-likeness (QED) is 0.947. The lowest BCUT2D eigenvalue weighted by molar-refractivity contribution is 0.0948. The van der Waals surface area contributed by atoms with E-state index in [1.54, 1.807) is 6.20 Å². The van der Waals surface area contributed by atoms with Crippen molar-refractivity contribution >= 4 is 17.5 Å². The highest BCUT2D eigenvalue weighted by atomic mass is 35.5. The molecule has 0 saturated carbocycles. The number of nitrogens with one attached hydrogen (secondary N) is 1. The van der Waals surface area contributed by atoms with E-state index in [4.69, 9.17) is 11.6 Å². The lowest BCUT2D eigenvalue weighted by Crippen LogP contribution is -2.30. The molecule has 0 aliphatic carbocycles. The fourth-order valence-corrected chi connectivity index (χ4v) is 2.97. The van der Waals surface area contributed by atoms with Gasteiger partial charge in [0, 0.05) is 37.1 Å².